The summed E-state index contributed by atoms with van der Waals surface area (Å²) in [5, 5.41) is 5.21. The number of aromatic nitrogens is 1. The van der Waals surface area contributed by atoms with Gasteiger partial charge in [0.2, 0.25) is 0 Å². The number of carbonyl (C=O) groups is 1. The molecule has 0 unspecified atom stereocenters. The van der Waals surface area contributed by atoms with Crippen molar-refractivity contribution in [3.05, 3.63) is 35.5 Å². The Kier molecular flexibility index (Phi) is 5.63. The van der Waals surface area contributed by atoms with E-state index in [1.54, 1.807) is 0 Å². The molecular weight excluding hydrogens is 348 g/mol. The largest absolute Gasteiger partial charge is 0.336 e. The molecule has 1 aliphatic carbocycles. The van der Waals surface area contributed by atoms with E-state index < -0.39 is 0 Å². The van der Waals surface area contributed by atoms with Gasteiger partial charge in [-0.05, 0) is 62.8 Å². The Morgan fingerprint density at radius 2 is 2.11 bits per heavy atom. The van der Waals surface area contributed by atoms with Crippen LogP contribution in [0.15, 0.2) is 24.4 Å². The second-order valence-corrected chi connectivity index (χ2v) is 8.42. The van der Waals surface area contributed by atoms with Crippen LogP contribution in [0.3, 0.4) is 0 Å². The average Bonchev–Trinajstić information content (AvgIpc) is 3.06. The Morgan fingerprint density at radius 1 is 1.29 bits per heavy atom. The van der Waals surface area contributed by atoms with E-state index in [1.165, 1.54) is 42.2 Å². The lowest BCUT2D eigenvalue weighted by atomic mass is 9.72. The number of carbonyl (C=O) groups excluding carboxylic acids is 1. The number of benzene rings is 1. The molecular formula is C23H34N4O. The molecule has 0 radical (unpaired) electrons. The number of nitrogens with one attached hydrogen (secondary N) is 2. The predicted molar refractivity (Wildman–Crippen MR) is 115 cm³/mol. The summed E-state index contributed by atoms with van der Waals surface area (Å²) in [4.78, 5) is 14.4. The highest BCUT2D eigenvalue weighted by Crippen LogP contribution is 2.43. The highest BCUT2D eigenvalue weighted by molar-refractivity contribution is 5.92. The van der Waals surface area contributed by atoms with Gasteiger partial charge in [0, 0.05) is 36.6 Å². The smallest absolute Gasteiger partial charge is 0.324 e. The molecule has 1 aromatic carbocycles. The number of hydrogen-bond acceptors (Lipinski definition) is 2. The van der Waals surface area contributed by atoms with E-state index in [4.69, 9.17) is 0 Å². The summed E-state index contributed by atoms with van der Waals surface area (Å²) in [5.74, 6) is 1.36. The molecule has 5 heteroatoms. The maximum absolute atomic E-state index is 12.6. The summed E-state index contributed by atoms with van der Waals surface area (Å²) in [6, 6.07) is 7.08. The quantitative estimate of drug-likeness (QED) is 0.775. The van der Waals surface area contributed by atoms with Crippen LogP contribution in [0, 0.1) is 5.92 Å². The monoisotopic (exact) mass is 382 g/mol. The van der Waals surface area contributed by atoms with Gasteiger partial charge in [0.1, 0.15) is 0 Å². The number of piperidine rings is 1. The molecule has 4 rings (SSSR count). The Morgan fingerprint density at radius 3 is 2.86 bits per heavy atom. The van der Waals surface area contributed by atoms with Crippen molar-refractivity contribution in [1.29, 1.82) is 0 Å². The fraction of sp³-hybridized carbons (Fsp3) is 0.609. The van der Waals surface area contributed by atoms with Crippen molar-refractivity contribution in [1.82, 2.24) is 14.9 Å². The Labute approximate surface area is 168 Å². The first-order chi connectivity index (χ1) is 13.7. The first-order valence-corrected chi connectivity index (χ1v) is 11.1. The van der Waals surface area contributed by atoms with Gasteiger partial charge in [-0.25, -0.2) is 10.2 Å². The summed E-state index contributed by atoms with van der Waals surface area (Å²) in [6.45, 7) is 8.88. The van der Waals surface area contributed by atoms with E-state index in [9.17, 15) is 4.79 Å². The summed E-state index contributed by atoms with van der Waals surface area (Å²) in [5.41, 5.74) is 7.04. The number of nitrogens with zero attached hydrogens (tertiary/aromatic N) is 2. The molecule has 1 fully saturated rings. The van der Waals surface area contributed by atoms with Crippen LogP contribution in [-0.4, -0.2) is 41.3 Å². The number of hydrogen-bond donors (Lipinski definition) is 2. The van der Waals surface area contributed by atoms with Gasteiger partial charge in [0.05, 0.1) is 5.52 Å². The van der Waals surface area contributed by atoms with Crippen LogP contribution in [0.5, 0.6) is 0 Å². The van der Waals surface area contributed by atoms with Crippen LogP contribution in [0.1, 0.15) is 63.5 Å². The summed E-state index contributed by atoms with van der Waals surface area (Å²) >= 11 is 0. The molecule has 2 aromatic rings. The number of rotatable bonds is 6. The van der Waals surface area contributed by atoms with E-state index in [0.29, 0.717) is 25.0 Å². The number of unbranched alkanes of at least 4 members (excludes halogenated alkanes) is 1. The van der Waals surface area contributed by atoms with Gasteiger partial charge in [-0.3, -0.25) is 4.68 Å². The summed E-state index contributed by atoms with van der Waals surface area (Å²) < 4.78 is 1.95. The standard InChI is InChI=1S/C23H34N4O/c1-4-7-9-16-12-19-18-10-8-11-21-22(18)17(13-20(19)24-14-16)15-27(21)25-23(28)26(5-2)6-3/h8,10-11,15-16,19-20,24H,4-7,9,12-14H2,1-3H3,(H,25,28)/t16-,19+,20+/m0/s1. The minimum absolute atomic E-state index is 0.0340. The molecule has 5 nitrogen and oxygen atoms in total. The third-order valence-electron chi connectivity index (χ3n) is 6.75. The summed E-state index contributed by atoms with van der Waals surface area (Å²) in [7, 11) is 0. The fourth-order valence-electron chi connectivity index (χ4n) is 5.21. The number of fused-ring (bicyclic) bond motifs is 2. The van der Waals surface area contributed by atoms with E-state index in [1.807, 2.05) is 23.4 Å². The van der Waals surface area contributed by atoms with E-state index in [-0.39, 0.29) is 6.03 Å². The summed E-state index contributed by atoms with van der Waals surface area (Å²) in [6.07, 6.45) is 8.40. The maximum Gasteiger partial charge on any atom is 0.336 e. The molecule has 3 atom stereocenters. The third kappa shape index (κ3) is 3.41. The van der Waals surface area contributed by atoms with Crippen molar-refractivity contribution in [3.63, 3.8) is 0 Å². The molecule has 1 aromatic heterocycles. The molecule has 2 N–H and O–H groups in total. The Balaban J connectivity index is 1.64. The highest BCUT2D eigenvalue weighted by atomic mass is 16.2. The van der Waals surface area contributed by atoms with Gasteiger partial charge in [-0.15, -0.1) is 0 Å². The van der Waals surface area contributed by atoms with Crippen LogP contribution >= 0.6 is 0 Å². The molecule has 2 aliphatic rings. The minimum atomic E-state index is -0.0340. The first kappa shape index (κ1) is 19.3. The fourth-order valence-corrected chi connectivity index (χ4v) is 5.21. The van der Waals surface area contributed by atoms with Crippen molar-refractivity contribution in [2.45, 2.75) is 64.8 Å². The van der Waals surface area contributed by atoms with Gasteiger partial charge in [0.15, 0.2) is 0 Å². The Bertz CT molecular complexity index is 838. The normalized spacial score (nSPS) is 23.5. The molecule has 0 spiro atoms. The lowest BCUT2D eigenvalue weighted by molar-refractivity contribution is 0.214. The zero-order chi connectivity index (χ0) is 19.7. The van der Waals surface area contributed by atoms with Crippen molar-refractivity contribution in [2.75, 3.05) is 25.1 Å². The van der Waals surface area contributed by atoms with Gasteiger partial charge in [0.25, 0.3) is 0 Å². The second-order valence-electron chi connectivity index (χ2n) is 8.42. The van der Waals surface area contributed by atoms with Crippen molar-refractivity contribution < 1.29 is 4.79 Å². The van der Waals surface area contributed by atoms with Gasteiger partial charge >= 0.3 is 6.03 Å². The number of urea groups is 1. The van der Waals surface area contributed by atoms with E-state index in [2.05, 4.69) is 42.1 Å². The van der Waals surface area contributed by atoms with Crippen LogP contribution in [0.4, 0.5) is 4.79 Å². The lowest BCUT2D eigenvalue weighted by Crippen LogP contribution is -2.46. The Hall–Kier alpha value is -2.01. The number of amides is 2. The van der Waals surface area contributed by atoms with E-state index >= 15 is 0 Å². The zero-order valence-electron chi connectivity index (χ0n) is 17.5. The molecule has 2 amide bonds. The minimum Gasteiger partial charge on any atom is -0.324 e. The molecule has 1 saturated heterocycles. The van der Waals surface area contributed by atoms with Crippen molar-refractivity contribution >= 4 is 16.9 Å². The maximum atomic E-state index is 12.6. The SMILES string of the molecule is CCCC[C@@H]1CN[C@@H]2Cc3cn(NC(=O)N(CC)CC)c4cccc(c34)[C@H]2C1. The molecule has 2 heterocycles. The molecule has 0 bridgehead atoms. The highest BCUT2D eigenvalue weighted by Gasteiger charge is 2.36. The topological polar surface area (TPSA) is 49.3 Å². The third-order valence-corrected chi connectivity index (χ3v) is 6.75. The second kappa shape index (κ2) is 8.16. The molecule has 152 valence electrons. The van der Waals surface area contributed by atoms with Crippen molar-refractivity contribution in [3.8, 4) is 0 Å². The molecule has 1 aliphatic heterocycles. The van der Waals surface area contributed by atoms with Gasteiger partial charge < -0.3 is 10.2 Å². The zero-order valence-corrected chi connectivity index (χ0v) is 17.5. The first-order valence-electron chi connectivity index (χ1n) is 11.1. The van der Waals surface area contributed by atoms with Gasteiger partial charge in [-0.1, -0.05) is 31.9 Å². The predicted octanol–water partition coefficient (Wildman–Crippen LogP) is 4.45. The molecule has 0 saturated carbocycles. The average molecular weight is 383 g/mol. The lowest BCUT2D eigenvalue weighted by Gasteiger charge is -2.40. The van der Waals surface area contributed by atoms with Crippen molar-refractivity contribution in [2.24, 2.45) is 5.92 Å². The van der Waals surface area contributed by atoms with Crippen LogP contribution < -0.4 is 10.7 Å². The van der Waals surface area contributed by atoms with Crippen LogP contribution in [0.25, 0.3) is 10.9 Å². The van der Waals surface area contributed by atoms with E-state index in [0.717, 1.165) is 24.4 Å². The molecule has 28 heavy (non-hydrogen) atoms. The van der Waals surface area contributed by atoms with Crippen LogP contribution in [0.2, 0.25) is 0 Å². The van der Waals surface area contributed by atoms with Gasteiger partial charge in [-0.2, -0.15) is 0 Å². The van der Waals surface area contributed by atoms with Crippen LogP contribution in [-0.2, 0) is 6.42 Å².